The highest BCUT2D eigenvalue weighted by molar-refractivity contribution is 5.93. The number of nitrogens with one attached hydrogen (secondary N) is 1. The van der Waals surface area contributed by atoms with Gasteiger partial charge in [-0.3, -0.25) is 9.59 Å². The van der Waals surface area contributed by atoms with Crippen molar-refractivity contribution in [2.24, 2.45) is 5.92 Å². The summed E-state index contributed by atoms with van der Waals surface area (Å²) in [6, 6.07) is 4.56. The largest absolute Gasteiger partial charge is 0.497 e. The van der Waals surface area contributed by atoms with Crippen molar-refractivity contribution in [3.05, 3.63) is 40.2 Å². The van der Waals surface area contributed by atoms with Crippen LogP contribution in [0, 0.1) is 5.92 Å². The maximum Gasteiger partial charge on any atom is 0.490 e. The summed E-state index contributed by atoms with van der Waals surface area (Å²) in [5, 5.41) is 19.7. The zero-order valence-electron chi connectivity index (χ0n) is 21.4. The fourth-order valence-electron chi connectivity index (χ4n) is 4.05. The lowest BCUT2D eigenvalue weighted by Gasteiger charge is -2.26. The first-order valence-electron chi connectivity index (χ1n) is 11.9. The third-order valence-corrected chi connectivity index (χ3v) is 5.82. The number of nitrogens with zero attached hydrogens (tertiary/aromatic N) is 1. The van der Waals surface area contributed by atoms with Gasteiger partial charge in [0, 0.05) is 24.1 Å². The number of halogens is 3. The number of rotatable bonds is 8. The number of ether oxygens (including phenoxy) is 1. The number of carboxylic acids is 2. The number of aliphatic carboxylic acids is 2. The number of hydrogen-bond donors (Lipinski definition) is 3. The number of methoxy groups -OCH3 is 1. The predicted molar refractivity (Wildman–Crippen MR) is 130 cm³/mol. The van der Waals surface area contributed by atoms with Crippen LogP contribution >= 0.6 is 0 Å². The molecule has 2 atom stereocenters. The molecular formula is C25H29F3N2O9. The van der Waals surface area contributed by atoms with E-state index in [0.717, 1.165) is 0 Å². The summed E-state index contributed by atoms with van der Waals surface area (Å²) in [7, 11) is 1.50. The van der Waals surface area contributed by atoms with Crippen LogP contribution in [0.4, 0.5) is 13.2 Å². The summed E-state index contributed by atoms with van der Waals surface area (Å²) in [4.78, 5) is 59.7. The molecule has 1 aliphatic heterocycles. The van der Waals surface area contributed by atoms with Gasteiger partial charge in [-0.15, -0.1) is 0 Å². The van der Waals surface area contributed by atoms with Crippen LogP contribution in [0.15, 0.2) is 33.5 Å². The molecule has 214 valence electrons. The number of hydrogen-bond acceptors (Lipinski definition) is 7. The van der Waals surface area contributed by atoms with Crippen molar-refractivity contribution in [2.45, 2.75) is 57.8 Å². The number of amides is 2. The van der Waals surface area contributed by atoms with Gasteiger partial charge in [0.2, 0.25) is 11.8 Å². The van der Waals surface area contributed by atoms with E-state index in [4.69, 9.17) is 19.1 Å². The van der Waals surface area contributed by atoms with Crippen LogP contribution < -0.4 is 15.7 Å². The number of alkyl halides is 3. The Hall–Kier alpha value is -4.10. The van der Waals surface area contributed by atoms with Gasteiger partial charge >= 0.3 is 23.7 Å². The smallest absolute Gasteiger partial charge is 0.490 e. The summed E-state index contributed by atoms with van der Waals surface area (Å²) < 4.78 is 42.1. The molecule has 0 saturated carbocycles. The SMILES string of the molecule is COc1ccc2c(CC(=O)N3CCC[C@H]3C(=O)N[C@@H](CC(C)C)C(=O)O)cc(=O)oc2c1.O=C(O)C(F)(F)F. The zero-order valence-corrected chi connectivity index (χ0v) is 21.4. The molecule has 1 aromatic heterocycles. The molecule has 2 amide bonds. The molecule has 3 rings (SSSR count). The number of carbonyl (C=O) groups is 4. The van der Waals surface area contributed by atoms with Gasteiger partial charge in [0.25, 0.3) is 0 Å². The van der Waals surface area contributed by atoms with Gasteiger partial charge in [0.05, 0.1) is 13.5 Å². The number of fused-ring (bicyclic) bond motifs is 1. The van der Waals surface area contributed by atoms with Crippen molar-refractivity contribution >= 4 is 34.7 Å². The zero-order chi connectivity index (χ0) is 29.5. The third kappa shape index (κ3) is 8.72. The Kier molecular flexibility index (Phi) is 10.5. The van der Waals surface area contributed by atoms with Crippen LogP contribution in [0.3, 0.4) is 0 Å². The maximum atomic E-state index is 13.1. The summed E-state index contributed by atoms with van der Waals surface area (Å²) in [5.74, 6) is -4.01. The Morgan fingerprint density at radius 1 is 1.18 bits per heavy atom. The van der Waals surface area contributed by atoms with E-state index in [9.17, 15) is 37.5 Å². The minimum Gasteiger partial charge on any atom is -0.497 e. The van der Waals surface area contributed by atoms with E-state index in [1.807, 2.05) is 13.8 Å². The second-order valence-corrected chi connectivity index (χ2v) is 9.21. The first kappa shape index (κ1) is 31.1. The van der Waals surface area contributed by atoms with Gasteiger partial charge in [-0.2, -0.15) is 13.2 Å². The molecule has 3 N–H and O–H groups in total. The molecule has 0 radical (unpaired) electrons. The first-order chi connectivity index (χ1) is 18.1. The van der Waals surface area contributed by atoms with Gasteiger partial charge in [-0.05, 0) is 42.9 Å². The Morgan fingerprint density at radius 2 is 1.82 bits per heavy atom. The molecule has 14 heteroatoms. The van der Waals surface area contributed by atoms with Gasteiger partial charge in [0.15, 0.2) is 0 Å². The molecule has 0 unspecified atom stereocenters. The van der Waals surface area contributed by atoms with Gasteiger partial charge in [-0.1, -0.05) is 13.8 Å². The Morgan fingerprint density at radius 3 is 2.36 bits per heavy atom. The standard InChI is InChI=1S/C23H28N2O7.C2HF3O2/c1-13(2)9-17(23(29)30)24-22(28)18-5-4-8-25(18)20(26)10-14-11-21(27)32-19-12-15(31-3)6-7-16(14)19;3-2(4,5)1(6)7/h6-7,11-13,17-18H,4-5,8-10H2,1-3H3,(H,24,28)(H,29,30);(H,6,7)/t17-,18-;/m0./s1. The Labute approximate surface area is 220 Å². The van der Waals surface area contributed by atoms with Crippen LogP contribution in [0.1, 0.15) is 38.7 Å². The van der Waals surface area contributed by atoms with Crippen LogP contribution in [-0.4, -0.2) is 70.8 Å². The first-order valence-corrected chi connectivity index (χ1v) is 11.9. The average Bonchev–Trinajstić information content (AvgIpc) is 3.33. The second kappa shape index (κ2) is 13.1. The molecule has 2 aromatic rings. The summed E-state index contributed by atoms with van der Waals surface area (Å²) in [6.07, 6.45) is -3.76. The van der Waals surface area contributed by atoms with Gasteiger partial charge in [-0.25, -0.2) is 14.4 Å². The second-order valence-electron chi connectivity index (χ2n) is 9.21. The van der Waals surface area contributed by atoms with Crippen molar-refractivity contribution in [2.75, 3.05) is 13.7 Å². The minimum atomic E-state index is -5.08. The van der Waals surface area contributed by atoms with E-state index in [2.05, 4.69) is 5.32 Å². The van der Waals surface area contributed by atoms with E-state index in [0.29, 0.717) is 48.1 Å². The number of likely N-dealkylation sites (tertiary alicyclic amines) is 1. The maximum absolute atomic E-state index is 13.1. The number of carboxylic acid groups (broad SMARTS) is 2. The van der Waals surface area contributed by atoms with Crippen LogP contribution in [0.5, 0.6) is 5.75 Å². The van der Waals surface area contributed by atoms with E-state index in [1.165, 1.54) is 18.1 Å². The van der Waals surface area contributed by atoms with E-state index in [1.54, 1.807) is 18.2 Å². The molecule has 1 saturated heterocycles. The predicted octanol–water partition coefficient (Wildman–Crippen LogP) is 2.58. The molecule has 0 bridgehead atoms. The van der Waals surface area contributed by atoms with Crippen molar-refractivity contribution in [1.82, 2.24) is 10.2 Å². The van der Waals surface area contributed by atoms with Crippen molar-refractivity contribution < 1.29 is 51.7 Å². The number of carbonyl (C=O) groups excluding carboxylic acids is 2. The van der Waals surface area contributed by atoms with Crippen LogP contribution in [-0.2, 0) is 25.6 Å². The van der Waals surface area contributed by atoms with Crippen molar-refractivity contribution in [1.29, 1.82) is 0 Å². The highest BCUT2D eigenvalue weighted by Crippen LogP contribution is 2.25. The highest BCUT2D eigenvalue weighted by atomic mass is 19.4. The van der Waals surface area contributed by atoms with Crippen molar-refractivity contribution in [3.63, 3.8) is 0 Å². The lowest BCUT2D eigenvalue weighted by Crippen LogP contribution is -2.51. The molecule has 11 nitrogen and oxygen atoms in total. The monoisotopic (exact) mass is 558 g/mol. The molecule has 2 heterocycles. The average molecular weight is 559 g/mol. The molecule has 1 aromatic carbocycles. The Bertz CT molecular complexity index is 1270. The van der Waals surface area contributed by atoms with Crippen LogP contribution in [0.25, 0.3) is 11.0 Å². The molecular weight excluding hydrogens is 529 g/mol. The van der Waals surface area contributed by atoms with E-state index in [-0.39, 0.29) is 18.2 Å². The van der Waals surface area contributed by atoms with Gasteiger partial charge in [0.1, 0.15) is 23.4 Å². The Balaban J connectivity index is 0.000000673. The summed E-state index contributed by atoms with van der Waals surface area (Å²) >= 11 is 0. The fraction of sp³-hybridized carbons (Fsp3) is 0.480. The molecule has 0 aliphatic carbocycles. The van der Waals surface area contributed by atoms with E-state index >= 15 is 0 Å². The summed E-state index contributed by atoms with van der Waals surface area (Å²) in [6.45, 7) is 4.15. The third-order valence-electron chi connectivity index (χ3n) is 5.82. The molecule has 1 fully saturated rings. The molecule has 39 heavy (non-hydrogen) atoms. The molecule has 0 spiro atoms. The van der Waals surface area contributed by atoms with Crippen LogP contribution in [0.2, 0.25) is 0 Å². The highest BCUT2D eigenvalue weighted by Gasteiger charge is 2.38. The lowest BCUT2D eigenvalue weighted by molar-refractivity contribution is -0.192. The normalized spacial score (nSPS) is 15.9. The minimum absolute atomic E-state index is 0.0768. The topological polar surface area (TPSA) is 163 Å². The van der Waals surface area contributed by atoms with Crippen molar-refractivity contribution in [3.8, 4) is 5.75 Å². The lowest BCUT2D eigenvalue weighted by atomic mass is 10.0. The molecule has 1 aliphatic rings. The van der Waals surface area contributed by atoms with Gasteiger partial charge < -0.3 is 29.6 Å². The quantitative estimate of drug-likeness (QED) is 0.413. The number of benzene rings is 1. The van der Waals surface area contributed by atoms with E-state index < -0.39 is 41.7 Å². The fourth-order valence-corrected chi connectivity index (χ4v) is 4.05. The summed E-state index contributed by atoms with van der Waals surface area (Å²) in [5.41, 5.74) is 0.230.